The molecular weight excluding hydrogens is 194 g/mol. The van der Waals surface area contributed by atoms with E-state index in [1.165, 1.54) is 0 Å². The topological polar surface area (TPSA) is 57.5 Å². The Balaban J connectivity index is 3.07. The fourth-order valence-electron chi connectivity index (χ4n) is 0.859. The van der Waals surface area contributed by atoms with Crippen LogP contribution in [-0.2, 0) is 4.79 Å². The van der Waals surface area contributed by atoms with Crippen molar-refractivity contribution in [2.75, 3.05) is 0 Å². The van der Waals surface area contributed by atoms with Crippen molar-refractivity contribution >= 4 is 12.0 Å². The van der Waals surface area contributed by atoms with Crippen LogP contribution >= 0.6 is 0 Å². The highest BCUT2D eigenvalue weighted by Crippen LogP contribution is 2.21. The van der Waals surface area contributed by atoms with Gasteiger partial charge in [0.25, 0.3) is 0 Å². The third-order valence-electron chi connectivity index (χ3n) is 1.45. The minimum Gasteiger partial charge on any atom is -0.505 e. The molecule has 0 aliphatic heterocycles. The van der Waals surface area contributed by atoms with Crippen molar-refractivity contribution in [1.29, 1.82) is 0 Å². The molecule has 0 bridgehead atoms. The van der Waals surface area contributed by atoms with Gasteiger partial charge in [0.2, 0.25) is 0 Å². The first-order valence-electron chi connectivity index (χ1n) is 3.59. The molecule has 0 radical (unpaired) electrons. The average molecular weight is 200 g/mol. The van der Waals surface area contributed by atoms with Crippen LogP contribution in [0.15, 0.2) is 18.2 Å². The maximum absolute atomic E-state index is 12.6. The molecule has 0 aliphatic carbocycles. The van der Waals surface area contributed by atoms with E-state index < -0.39 is 23.4 Å². The normalized spacial score (nSPS) is 10.7. The Bertz CT molecular complexity index is 376. The van der Waals surface area contributed by atoms with Crippen LogP contribution in [0, 0.1) is 11.6 Å². The molecule has 0 amide bonds. The highest BCUT2D eigenvalue weighted by atomic mass is 19.2. The van der Waals surface area contributed by atoms with Gasteiger partial charge in [-0.15, -0.1) is 0 Å². The third kappa shape index (κ3) is 2.29. The van der Waals surface area contributed by atoms with Crippen LogP contribution in [0.2, 0.25) is 0 Å². The van der Waals surface area contributed by atoms with Crippen molar-refractivity contribution in [2.24, 2.45) is 0 Å². The molecule has 1 aromatic rings. The summed E-state index contributed by atoms with van der Waals surface area (Å²) in [6, 6.07) is 1.71. The predicted octanol–water partition coefficient (Wildman–Crippen LogP) is 1.77. The molecule has 0 fully saturated rings. The molecule has 74 valence electrons. The number of hydrogen-bond acceptors (Lipinski definition) is 2. The molecule has 1 rings (SSSR count). The fraction of sp³-hybridized carbons (Fsp3) is 0. The lowest BCUT2D eigenvalue weighted by Gasteiger charge is -1.98. The zero-order valence-corrected chi connectivity index (χ0v) is 6.87. The van der Waals surface area contributed by atoms with Gasteiger partial charge in [0.05, 0.1) is 0 Å². The number of phenolic OH excluding ortho intramolecular Hbond substituents is 1. The molecule has 0 aliphatic rings. The number of halogens is 2. The number of carbonyl (C=O) groups is 1. The lowest BCUT2D eigenvalue weighted by molar-refractivity contribution is -0.131. The predicted molar refractivity (Wildman–Crippen MR) is 44.7 cm³/mol. The summed E-state index contributed by atoms with van der Waals surface area (Å²) in [4.78, 5) is 10.1. The molecular formula is C9H6F2O3. The Kier molecular flexibility index (Phi) is 2.81. The summed E-state index contributed by atoms with van der Waals surface area (Å²) in [5, 5.41) is 17.1. The summed E-state index contributed by atoms with van der Waals surface area (Å²) in [5.41, 5.74) is 0.0730. The molecule has 0 saturated heterocycles. The summed E-state index contributed by atoms with van der Waals surface area (Å²) >= 11 is 0. The number of hydrogen-bond donors (Lipinski definition) is 2. The minimum atomic E-state index is -1.35. The molecule has 0 heterocycles. The Morgan fingerprint density at radius 3 is 2.50 bits per heavy atom. The van der Waals surface area contributed by atoms with Gasteiger partial charge in [-0.3, -0.25) is 0 Å². The molecule has 0 saturated carbocycles. The van der Waals surface area contributed by atoms with Crippen LogP contribution in [0.5, 0.6) is 5.75 Å². The fourth-order valence-corrected chi connectivity index (χ4v) is 0.859. The lowest BCUT2D eigenvalue weighted by Crippen LogP contribution is -1.88. The average Bonchev–Trinajstić information content (AvgIpc) is 2.10. The molecule has 2 N–H and O–H groups in total. The van der Waals surface area contributed by atoms with E-state index in [4.69, 9.17) is 10.2 Å². The number of aromatic hydroxyl groups is 1. The summed E-state index contributed by atoms with van der Waals surface area (Å²) in [6.07, 6.45) is 1.80. The Morgan fingerprint density at radius 1 is 1.36 bits per heavy atom. The maximum Gasteiger partial charge on any atom is 0.328 e. The summed E-state index contributed by atoms with van der Waals surface area (Å²) in [5.74, 6) is -4.64. The van der Waals surface area contributed by atoms with Crippen molar-refractivity contribution in [3.63, 3.8) is 0 Å². The Labute approximate surface area is 77.9 Å². The monoisotopic (exact) mass is 200 g/mol. The van der Waals surface area contributed by atoms with Gasteiger partial charge in [0, 0.05) is 6.08 Å². The Hall–Kier alpha value is -1.91. The third-order valence-corrected chi connectivity index (χ3v) is 1.45. The van der Waals surface area contributed by atoms with Gasteiger partial charge in [-0.25, -0.2) is 9.18 Å². The largest absolute Gasteiger partial charge is 0.505 e. The van der Waals surface area contributed by atoms with Gasteiger partial charge >= 0.3 is 5.97 Å². The van der Waals surface area contributed by atoms with E-state index in [0.29, 0.717) is 0 Å². The van der Waals surface area contributed by atoms with Gasteiger partial charge in [0.15, 0.2) is 17.4 Å². The zero-order valence-electron chi connectivity index (χ0n) is 6.87. The van der Waals surface area contributed by atoms with Crippen molar-refractivity contribution in [1.82, 2.24) is 0 Å². The summed E-state index contributed by atoms with van der Waals surface area (Å²) in [7, 11) is 0. The van der Waals surface area contributed by atoms with E-state index in [2.05, 4.69) is 0 Å². The second kappa shape index (κ2) is 3.87. The molecule has 0 unspecified atom stereocenters. The van der Waals surface area contributed by atoms with Crippen molar-refractivity contribution < 1.29 is 23.8 Å². The first-order chi connectivity index (χ1) is 6.50. The highest BCUT2D eigenvalue weighted by molar-refractivity contribution is 5.85. The first-order valence-corrected chi connectivity index (χ1v) is 3.59. The standard InChI is InChI=1S/C9H6F2O3/c10-6-3-5(1-2-8(13)14)4-7(12)9(6)11/h1-4,12H,(H,13,14). The van der Waals surface area contributed by atoms with Gasteiger partial charge in [-0.1, -0.05) is 0 Å². The SMILES string of the molecule is O=C(O)C=Cc1cc(O)c(F)c(F)c1. The first kappa shape index (κ1) is 10.2. The second-order valence-corrected chi connectivity index (χ2v) is 2.51. The van der Waals surface area contributed by atoms with E-state index in [1.807, 2.05) is 0 Å². The zero-order chi connectivity index (χ0) is 10.7. The van der Waals surface area contributed by atoms with Crippen LogP contribution in [0.25, 0.3) is 6.08 Å². The van der Waals surface area contributed by atoms with Gasteiger partial charge in [-0.05, 0) is 23.8 Å². The van der Waals surface area contributed by atoms with Crippen LogP contribution in [-0.4, -0.2) is 16.2 Å². The second-order valence-electron chi connectivity index (χ2n) is 2.51. The number of phenols is 1. The van der Waals surface area contributed by atoms with E-state index in [1.54, 1.807) is 0 Å². The summed E-state index contributed by atoms with van der Waals surface area (Å²) in [6.45, 7) is 0. The van der Waals surface area contributed by atoms with E-state index in [9.17, 15) is 13.6 Å². The van der Waals surface area contributed by atoms with Crippen molar-refractivity contribution in [2.45, 2.75) is 0 Å². The lowest BCUT2D eigenvalue weighted by atomic mass is 10.2. The number of rotatable bonds is 2. The van der Waals surface area contributed by atoms with Crippen LogP contribution in [0.1, 0.15) is 5.56 Å². The van der Waals surface area contributed by atoms with E-state index in [0.717, 1.165) is 24.3 Å². The molecule has 0 spiro atoms. The van der Waals surface area contributed by atoms with Crippen molar-refractivity contribution in [3.8, 4) is 5.75 Å². The molecule has 1 aromatic carbocycles. The molecule has 14 heavy (non-hydrogen) atoms. The highest BCUT2D eigenvalue weighted by Gasteiger charge is 2.08. The molecule has 5 heteroatoms. The van der Waals surface area contributed by atoms with E-state index in [-0.39, 0.29) is 5.56 Å². The minimum absolute atomic E-state index is 0.0730. The smallest absolute Gasteiger partial charge is 0.328 e. The molecule has 3 nitrogen and oxygen atoms in total. The van der Waals surface area contributed by atoms with Gasteiger partial charge < -0.3 is 10.2 Å². The number of carboxylic acids is 1. The number of carboxylic acid groups (broad SMARTS) is 1. The van der Waals surface area contributed by atoms with Crippen LogP contribution in [0.4, 0.5) is 8.78 Å². The summed E-state index contributed by atoms with van der Waals surface area (Å²) < 4.78 is 25.2. The van der Waals surface area contributed by atoms with Gasteiger partial charge in [-0.2, -0.15) is 4.39 Å². The van der Waals surface area contributed by atoms with Gasteiger partial charge in [0.1, 0.15) is 0 Å². The number of aliphatic carboxylic acids is 1. The molecule has 0 atom stereocenters. The van der Waals surface area contributed by atoms with Crippen molar-refractivity contribution in [3.05, 3.63) is 35.4 Å². The van der Waals surface area contributed by atoms with Crippen LogP contribution < -0.4 is 0 Å². The number of benzene rings is 1. The molecule has 0 aromatic heterocycles. The quantitative estimate of drug-likeness (QED) is 0.715. The van der Waals surface area contributed by atoms with E-state index >= 15 is 0 Å². The Morgan fingerprint density at radius 2 is 2.00 bits per heavy atom. The van der Waals surface area contributed by atoms with Crippen LogP contribution in [0.3, 0.4) is 0 Å². The maximum atomic E-state index is 12.6.